The molecule has 0 saturated carbocycles. The molecule has 1 aliphatic rings. The lowest BCUT2D eigenvalue weighted by molar-refractivity contribution is -0.125. The van der Waals surface area contributed by atoms with Crippen molar-refractivity contribution in [3.05, 3.63) is 47.8 Å². The first kappa shape index (κ1) is 20.3. The Morgan fingerprint density at radius 2 is 2.19 bits per heavy atom. The zero-order valence-electron chi connectivity index (χ0n) is 15.4. The summed E-state index contributed by atoms with van der Waals surface area (Å²) in [6.07, 6.45) is 3.84. The first-order valence-electron chi connectivity index (χ1n) is 8.81. The molecule has 1 amide bonds. The second-order valence-electron chi connectivity index (χ2n) is 6.52. The molecule has 3 atom stereocenters. The summed E-state index contributed by atoms with van der Waals surface area (Å²) < 4.78 is 7.47. The molecule has 1 aliphatic heterocycles. The number of hydrogen-bond acceptors (Lipinski definition) is 4. The van der Waals surface area contributed by atoms with Gasteiger partial charge in [-0.2, -0.15) is 5.10 Å². The quantitative estimate of drug-likeness (QED) is 0.810. The Morgan fingerprint density at radius 1 is 1.42 bits per heavy atom. The molecule has 0 bridgehead atoms. The van der Waals surface area contributed by atoms with E-state index >= 15 is 0 Å². The predicted molar refractivity (Wildman–Crippen MR) is 104 cm³/mol. The van der Waals surface area contributed by atoms with Crippen LogP contribution >= 0.6 is 12.4 Å². The van der Waals surface area contributed by atoms with Crippen LogP contribution in [0.3, 0.4) is 0 Å². The minimum atomic E-state index is -0.106. The Hall–Kier alpha value is -2.05. The number of hydrogen-bond donors (Lipinski definition) is 2. The van der Waals surface area contributed by atoms with Crippen LogP contribution in [0.25, 0.3) is 0 Å². The summed E-state index contributed by atoms with van der Waals surface area (Å²) in [4.78, 5) is 12.9. The maximum atomic E-state index is 12.9. The SMILES string of the molecule is CCOc1ccccc1C(C)NC(=O)[C@H]1CNC[C@@H]1c1cnn(C)c1.Cl. The highest BCUT2D eigenvalue weighted by molar-refractivity contribution is 5.85. The van der Waals surface area contributed by atoms with E-state index in [1.54, 1.807) is 4.68 Å². The van der Waals surface area contributed by atoms with Crippen LogP contribution < -0.4 is 15.4 Å². The third-order valence-electron chi connectivity index (χ3n) is 4.75. The number of carbonyl (C=O) groups is 1. The van der Waals surface area contributed by atoms with Crippen molar-refractivity contribution in [2.24, 2.45) is 13.0 Å². The van der Waals surface area contributed by atoms with Gasteiger partial charge in [0, 0.05) is 37.8 Å². The van der Waals surface area contributed by atoms with Crippen LogP contribution in [-0.2, 0) is 11.8 Å². The van der Waals surface area contributed by atoms with E-state index in [2.05, 4.69) is 15.7 Å². The van der Waals surface area contributed by atoms with Crippen LogP contribution in [0.2, 0.25) is 0 Å². The van der Waals surface area contributed by atoms with Crippen molar-refractivity contribution >= 4 is 18.3 Å². The van der Waals surface area contributed by atoms with E-state index in [9.17, 15) is 4.79 Å². The van der Waals surface area contributed by atoms with Gasteiger partial charge in [0.15, 0.2) is 0 Å². The minimum absolute atomic E-state index is 0. The number of halogens is 1. The van der Waals surface area contributed by atoms with Gasteiger partial charge in [-0.05, 0) is 25.5 Å². The van der Waals surface area contributed by atoms with Gasteiger partial charge in [-0.3, -0.25) is 9.48 Å². The maximum Gasteiger partial charge on any atom is 0.225 e. The van der Waals surface area contributed by atoms with Crippen LogP contribution in [0.4, 0.5) is 0 Å². The van der Waals surface area contributed by atoms with E-state index in [-0.39, 0.29) is 36.2 Å². The molecular weight excluding hydrogens is 352 g/mol. The van der Waals surface area contributed by atoms with E-state index < -0.39 is 0 Å². The molecule has 1 fully saturated rings. The molecule has 1 aromatic carbocycles. The third-order valence-corrected chi connectivity index (χ3v) is 4.75. The van der Waals surface area contributed by atoms with Crippen LogP contribution in [0.1, 0.15) is 36.9 Å². The molecule has 7 heteroatoms. The van der Waals surface area contributed by atoms with Gasteiger partial charge < -0.3 is 15.4 Å². The maximum absolute atomic E-state index is 12.9. The van der Waals surface area contributed by atoms with Crippen LogP contribution in [0, 0.1) is 5.92 Å². The van der Waals surface area contributed by atoms with Gasteiger partial charge in [-0.25, -0.2) is 0 Å². The number of benzene rings is 1. The van der Waals surface area contributed by atoms with Crippen LogP contribution in [0.5, 0.6) is 5.75 Å². The summed E-state index contributed by atoms with van der Waals surface area (Å²) in [7, 11) is 1.90. The highest BCUT2D eigenvalue weighted by atomic mass is 35.5. The first-order valence-corrected chi connectivity index (χ1v) is 8.81. The first-order chi connectivity index (χ1) is 12.1. The Morgan fingerprint density at radius 3 is 2.88 bits per heavy atom. The number of aryl methyl sites for hydroxylation is 1. The van der Waals surface area contributed by atoms with Gasteiger partial charge in [0.2, 0.25) is 5.91 Å². The van der Waals surface area contributed by atoms with Crippen LogP contribution in [-0.4, -0.2) is 35.4 Å². The molecule has 0 spiro atoms. The van der Waals surface area contributed by atoms with E-state index in [1.807, 2.05) is 57.6 Å². The topological polar surface area (TPSA) is 68.2 Å². The predicted octanol–water partition coefficient (Wildman–Crippen LogP) is 2.42. The lowest BCUT2D eigenvalue weighted by Crippen LogP contribution is -2.36. The molecule has 26 heavy (non-hydrogen) atoms. The molecule has 3 rings (SSSR count). The number of nitrogens with one attached hydrogen (secondary N) is 2. The van der Waals surface area contributed by atoms with Crippen LogP contribution in [0.15, 0.2) is 36.7 Å². The number of nitrogens with zero attached hydrogens (tertiary/aromatic N) is 2. The molecule has 2 aromatic rings. The zero-order valence-corrected chi connectivity index (χ0v) is 16.3. The van der Waals surface area contributed by atoms with Gasteiger partial charge in [0.1, 0.15) is 5.75 Å². The fourth-order valence-corrected chi connectivity index (χ4v) is 3.46. The molecular formula is C19H27ClN4O2. The van der Waals surface area contributed by atoms with Crippen molar-refractivity contribution in [2.75, 3.05) is 19.7 Å². The summed E-state index contributed by atoms with van der Waals surface area (Å²) in [6, 6.07) is 7.75. The average Bonchev–Trinajstić information content (AvgIpc) is 3.24. The summed E-state index contributed by atoms with van der Waals surface area (Å²) in [5.41, 5.74) is 2.11. The van der Waals surface area contributed by atoms with E-state index in [1.165, 1.54) is 0 Å². The Balaban J connectivity index is 0.00000243. The van der Waals surface area contributed by atoms with Crippen molar-refractivity contribution in [2.45, 2.75) is 25.8 Å². The fourth-order valence-electron chi connectivity index (χ4n) is 3.46. The number of aromatic nitrogens is 2. The number of carbonyl (C=O) groups excluding carboxylic acids is 1. The standard InChI is InChI=1S/C19H26N4O2.ClH/c1-4-25-18-8-6-5-7-15(18)13(2)22-19(24)17-11-20-10-16(17)14-9-21-23(3)12-14;/h5-9,12-13,16-17,20H,4,10-11H2,1-3H3,(H,22,24);1H/t13?,16-,17+;/m1./s1. The second-order valence-corrected chi connectivity index (χ2v) is 6.52. The Bertz CT molecular complexity index is 734. The molecule has 0 aliphatic carbocycles. The van der Waals surface area contributed by atoms with Gasteiger partial charge >= 0.3 is 0 Å². The lowest BCUT2D eigenvalue weighted by Gasteiger charge is -2.22. The highest BCUT2D eigenvalue weighted by Crippen LogP contribution is 2.30. The van der Waals surface area contributed by atoms with Crippen molar-refractivity contribution in [1.82, 2.24) is 20.4 Å². The summed E-state index contributed by atoms with van der Waals surface area (Å²) >= 11 is 0. The minimum Gasteiger partial charge on any atom is -0.494 e. The highest BCUT2D eigenvalue weighted by Gasteiger charge is 2.35. The van der Waals surface area contributed by atoms with Crippen molar-refractivity contribution in [3.8, 4) is 5.75 Å². The monoisotopic (exact) mass is 378 g/mol. The summed E-state index contributed by atoms with van der Waals surface area (Å²) in [5, 5.41) is 10.7. The number of amides is 1. The summed E-state index contributed by atoms with van der Waals surface area (Å²) in [6.45, 7) is 6.05. The zero-order chi connectivity index (χ0) is 17.8. The molecule has 1 unspecified atom stereocenters. The summed E-state index contributed by atoms with van der Waals surface area (Å²) in [5.74, 6) is 0.956. The number of ether oxygens (including phenoxy) is 1. The van der Waals surface area contributed by atoms with Gasteiger partial charge in [-0.1, -0.05) is 18.2 Å². The average molecular weight is 379 g/mol. The largest absolute Gasteiger partial charge is 0.494 e. The Labute approximate surface area is 160 Å². The van der Waals surface area contributed by atoms with E-state index in [0.29, 0.717) is 13.2 Å². The lowest BCUT2D eigenvalue weighted by atomic mass is 9.90. The van der Waals surface area contributed by atoms with Gasteiger partial charge in [-0.15, -0.1) is 12.4 Å². The molecule has 1 saturated heterocycles. The van der Waals surface area contributed by atoms with E-state index in [0.717, 1.165) is 23.4 Å². The normalized spacial score (nSPS) is 20.3. The van der Waals surface area contributed by atoms with Gasteiger partial charge in [0.05, 0.1) is 24.8 Å². The smallest absolute Gasteiger partial charge is 0.225 e. The molecule has 1 aromatic heterocycles. The fraction of sp³-hybridized carbons (Fsp3) is 0.474. The molecule has 2 N–H and O–H groups in total. The molecule has 6 nitrogen and oxygen atoms in total. The van der Waals surface area contributed by atoms with E-state index in [4.69, 9.17) is 4.74 Å². The van der Waals surface area contributed by atoms with Gasteiger partial charge in [0.25, 0.3) is 0 Å². The van der Waals surface area contributed by atoms with Crippen molar-refractivity contribution < 1.29 is 9.53 Å². The second kappa shape index (κ2) is 9.05. The molecule has 2 heterocycles. The molecule has 142 valence electrons. The number of rotatable bonds is 6. The third kappa shape index (κ3) is 4.37. The number of para-hydroxylation sites is 1. The van der Waals surface area contributed by atoms with Crippen molar-refractivity contribution in [1.29, 1.82) is 0 Å². The van der Waals surface area contributed by atoms with Crippen molar-refractivity contribution in [3.63, 3.8) is 0 Å². The Kier molecular flexibility index (Phi) is 7.06. The molecule has 0 radical (unpaired) electrons.